The number of carboxylic acids is 1. The molecule has 0 bridgehead atoms. The van der Waals surface area contributed by atoms with Gasteiger partial charge in [-0.1, -0.05) is 16.9 Å². The van der Waals surface area contributed by atoms with E-state index < -0.39 is 12.0 Å². The highest BCUT2D eigenvalue weighted by atomic mass is 33.1. The molecule has 76 valence electrons. The molecule has 1 unspecified atom stereocenters. The molecule has 14 heavy (non-hydrogen) atoms. The van der Waals surface area contributed by atoms with E-state index in [-0.39, 0.29) is 0 Å². The maximum absolute atomic E-state index is 10.4. The highest BCUT2D eigenvalue weighted by Gasteiger charge is 2.11. The monoisotopic (exact) mass is 230 g/mol. The Labute approximate surface area is 89.7 Å². The molecule has 0 saturated heterocycles. The van der Waals surface area contributed by atoms with Crippen LogP contribution in [-0.2, 0) is 4.79 Å². The van der Waals surface area contributed by atoms with Gasteiger partial charge < -0.3 is 10.8 Å². The summed E-state index contributed by atoms with van der Waals surface area (Å²) in [5.41, 5.74) is 5.33. The van der Waals surface area contributed by atoms with E-state index in [4.69, 9.17) is 10.8 Å². The predicted octanol–water partition coefficient (Wildman–Crippen LogP) is 1.23. The lowest BCUT2D eigenvalue weighted by Crippen LogP contribution is -2.32. The maximum Gasteiger partial charge on any atom is 0.321 e. The first kappa shape index (κ1) is 11.4. The van der Waals surface area contributed by atoms with Crippen LogP contribution in [0, 0.1) is 0 Å². The second kappa shape index (κ2) is 5.90. The zero-order chi connectivity index (χ0) is 10.4. The minimum absolute atomic E-state index is 0.372. The molecule has 3 N–H and O–H groups in total. The third-order valence-corrected chi connectivity index (χ3v) is 3.65. The van der Waals surface area contributed by atoms with Crippen LogP contribution in [0.25, 0.3) is 0 Å². The van der Waals surface area contributed by atoms with Crippen molar-refractivity contribution in [1.29, 1.82) is 0 Å². The molecule has 0 saturated carbocycles. The van der Waals surface area contributed by atoms with Crippen LogP contribution in [0.3, 0.4) is 0 Å². The summed E-state index contributed by atoms with van der Waals surface area (Å²) >= 11 is 0. The first-order valence-corrected chi connectivity index (χ1v) is 6.21. The minimum atomic E-state index is -0.973. The molecule has 1 heterocycles. The number of hydrogen-bond donors (Lipinski definition) is 2. The van der Waals surface area contributed by atoms with Crippen LogP contribution in [-0.4, -0.2) is 27.9 Å². The molecular weight excluding hydrogens is 220 g/mol. The van der Waals surface area contributed by atoms with Gasteiger partial charge in [-0.15, -0.1) is 0 Å². The number of nitrogens with zero attached hydrogens (tertiary/aromatic N) is 1. The lowest BCUT2D eigenvalue weighted by Gasteiger charge is -2.04. The van der Waals surface area contributed by atoms with Gasteiger partial charge in [0.15, 0.2) is 0 Å². The van der Waals surface area contributed by atoms with Crippen molar-refractivity contribution in [2.45, 2.75) is 11.1 Å². The Morgan fingerprint density at radius 3 is 3.00 bits per heavy atom. The normalized spacial score (nSPS) is 12.4. The van der Waals surface area contributed by atoms with Gasteiger partial charge in [0.1, 0.15) is 11.1 Å². The molecule has 0 aromatic carbocycles. The van der Waals surface area contributed by atoms with Gasteiger partial charge in [-0.25, -0.2) is 4.98 Å². The number of hydrogen-bond acceptors (Lipinski definition) is 5. The summed E-state index contributed by atoms with van der Waals surface area (Å²) in [6, 6.07) is 4.77. The summed E-state index contributed by atoms with van der Waals surface area (Å²) in [5, 5.41) is 9.37. The van der Waals surface area contributed by atoms with E-state index >= 15 is 0 Å². The number of aromatic nitrogens is 1. The zero-order valence-electron chi connectivity index (χ0n) is 7.29. The van der Waals surface area contributed by atoms with Gasteiger partial charge in [0.25, 0.3) is 0 Å². The van der Waals surface area contributed by atoms with Crippen molar-refractivity contribution in [2.24, 2.45) is 5.73 Å². The van der Waals surface area contributed by atoms with Crippen molar-refractivity contribution in [3.8, 4) is 0 Å². The molecule has 6 heteroatoms. The second-order valence-electron chi connectivity index (χ2n) is 2.48. The summed E-state index contributed by atoms with van der Waals surface area (Å²) in [4.78, 5) is 14.5. The van der Waals surface area contributed by atoms with Crippen LogP contribution in [0.4, 0.5) is 0 Å². The number of carboxylic acid groups (broad SMARTS) is 1. The van der Waals surface area contributed by atoms with Crippen molar-refractivity contribution < 1.29 is 9.90 Å². The van der Waals surface area contributed by atoms with Gasteiger partial charge in [0.2, 0.25) is 0 Å². The fourth-order valence-corrected chi connectivity index (χ4v) is 2.65. The van der Waals surface area contributed by atoms with E-state index in [1.54, 1.807) is 6.20 Å². The molecule has 0 aliphatic carbocycles. The number of rotatable bonds is 5. The lowest BCUT2D eigenvalue weighted by atomic mass is 10.4. The highest BCUT2D eigenvalue weighted by molar-refractivity contribution is 8.76. The van der Waals surface area contributed by atoms with Crippen molar-refractivity contribution in [1.82, 2.24) is 4.98 Å². The van der Waals surface area contributed by atoms with Gasteiger partial charge in [0, 0.05) is 11.9 Å². The Morgan fingerprint density at radius 2 is 2.43 bits per heavy atom. The van der Waals surface area contributed by atoms with Crippen molar-refractivity contribution in [3.05, 3.63) is 24.4 Å². The third kappa shape index (κ3) is 3.99. The van der Waals surface area contributed by atoms with E-state index in [0.717, 1.165) is 5.03 Å². The van der Waals surface area contributed by atoms with Crippen LogP contribution in [0.1, 0.15) is 0 Å². The molecular formula is C8H10N2O2S2. The van der Waals surface area contributed by atoms with Crippen molar-refractivity contribution in [2.75, 3.05) is 5.75 Å². The van der Waals surface area contributed by atoms with Gasteiger partial charge in [0.05, 0.1) is 0 Å². The van der Waals surface area contributed by atoms with E-state index in [1.165, 1.54) is 21.6 Å². The molecule has 1 atom stereocenters. The summed E-state index contributed by atoms with van der Waals surface area (Å²) < 4.78 is 0. The number of pyridine rings is 1. The number of carbonyl (C=O) groups is 1. The van der Waals surface area contributed by atoms with Crippen LogP contribution in [0.5, 0.6) is 0 Å². The Balaban J connectivity index is 2.26. The maximum atomic E-state index is 10.4. The highest BCUT2D eigenvalue weighted by Crippen LogP contribution is 2.28. The largest absolute Gasteiger partial charge is 0.480 e. The Kier molecular flexibility index (Phi) is 4.78. The quantitative estimate of drug-likeness (QED) is 0.741. The average Bonchev–Trinajstić information content (AvgIpc) is 2.19. The van der Waals surface area contributed by atoms with Crippen LogP contribution >= 0.6 is 21.6 Å². The topological polar surface area (TPSA) is 76.2 Å². The van der Waals surface area contributed by atoms with Crippen LogP contribution in [0.2, 0.25) is 0 Å². The standard InChI is InChI=1S/C8H10N2O2S2/c9-6(8(11)12)5-13-14-7-3-1-2-4-10-7/h1-4,6H,5,9H2,(H,11,12). The summed E-state index contributed by atoms with van der Waals surface area (Å²) in [5.74, 6) is -0.601. The molecule has 0 radical (unpaired) electrons. The molecule has 1 aromatic rings. The van der Waals surface area contributed by atoms with Crippen LogP contribution < -0.4 is 5.73 Å². The summed E-state index contributed by atoms with van der Waals surface area (Å²) in [6.45, 7) is 0. The molecule has 0 spiro atoms. The Bertz CT molecular complexity index is 295. The zero-order valence-corrected chi connectivity index (χ0v) is 8.92. The first-order valence-electron chi connectivity index (χ1n) is 3.89. The van der Waals surface area contributed by atoms with Crippen molar-refractivity contribution >= 4 is 27.6 Å². The molecule has 1 rings (SSSR count). The number of aliphatic carboxylic acids is 1. The molecule has 0 fully saturated rings. The van der Waals surface area contributed by atoms with Crippen LogP contribution in [0.15, 0.2) is 29.4 Å². The molecule has 0 aliphatic heterocycles. The van der Waals surface area contributed by atoms with Gasteiger partial charge in [-0.05, 0) is 22.9 Å². The summed E-state index contributed by atoms with van der Waals surface area (Å²) in [6.07, 6.45) is 1.69. The van der Waals surface area contributed by atoms with Gasteiger partial charge in [-0.3, -0.25) is 4.79 Å². The first-order chi connectivity index (χ1) is 6.70. The van der Waals surface area contributed by atoms with E-state index in [0.29, 0.717) is 5.75 Å². The van der Waals surface area contributed by atoms with Gasteiger partial charge in [-0.2, -0.15) is 0 Å². The van der Waals surface area contributed by atoms with Crippen molar-refractivity contribution in [3.63, 3.8) is 0 Å². The lowest BCUT2D eigenvalue weighted by molar-refractivity contribution is -0.137. The smallest absolute Gasteiger partial charge is 0.321 e. The van der Waals surface area contributed by atoms with Gasteiger partial charge >= 0.3 is 5.97 Å². The second-order valence-corrected chi connectivity index (χ2v) is 4.84. The molecule has 4 nitrogen and oxygen atoms in total. The predicted molar refractivity (Wildman–Crippen MR) is 58.2 cm³/mol. The Hall–Kier alpha value is -0.720. The third-order valence-electron chi connectivity index (χ3n) is 1.35. The Morgan fingerprint density at radius 1 is 1.64 bits per heavy atom. The van der Waals surface area contributed by atoms with E-state index in [2.05, 4.69) is 4.98 Å². The minimum Gasteiger partial charge on any atom is -0.480 e. The summed E-state index contributed by atoms with van der Waals surface area (Å²) in [7, 11) is 2.82. The van der Waals surface area contributed by atoms with E-state index in [9.17, 15) is 4.79 Å². The molecule has 1 aromatic heterocycles. The fourth-order valence-electron chi connectivity index (χ4n) is 0.635. The molecule has 0 aliphatic rings. The fraction of sp³-hybridized carbons (Fsp3) is 0.250. The average molecular weight is 230 g/mol. The van der Waals surface area contributed by atoms with E-state index in [1.807, 2.05) is 18.2 Å². The molecule has 0 amide bonds. The number of nitrogens with two attached hydrogens (primary N) is 1. The SMILES string of the molecule is NC(CSSc1ccccn1)C(=O)O.